The molecular weight excluding hydrogens is 174 g/mol. The van der Waals surface area contributed by atoms with Crippen molar-refractivity contribution in [3.63, 3.8) is 0 Å². The second-order valence-corrected chi connectivity index (χ2v) is 3.39. The summed E-state index contributed by atoms with van der Waals surface area (Å²) >= 11 is 3.54. The van der Waals surface area contributed by atoms with Gasteiger partial charge in [0, 0.05) is 5.92 Å². The number of aliphatic hydroxyl groups is 1. The maximum atomic E-state index is 10.2. The minimum absolute atomic E-state index is 0.133. The van der Waals surface area contributed by atoms with Gasteiger partial charge >= 0.3 is 0 Å². The van der Waals surface area contributed by atoms with Crippen LogP contribution in [0.15, 0.2) is 0 Å². The summed E-state index contributed by atoms with van der Waals surface area (Å²) in [6.07, 6.45) is 4.29. The quantitative estimate of drug-likeness (QED) is 0.424. The zero-order chi connectivity index (χ0) is 9.40. The van der Waals surface area contributed by atoms with E-state index in [9.17, 15) is 4.79 Å². The van der Waals surface area contributed by atoms with Crippen LogP contribution in [0.1, 0.15) is 25.7 Å². The molecule has 0 aromatic heterocycles. The third kappa shape index (κ3) is 5.57. The molecule has 0 bridgehead atoms. The predicted octanol–water partition coefficient (Wildman–Crippen LogP) is 0.787. The molecule has 0 amide bonds. The summed E-state index contributed by atoms with van der Waals surface area (Å²) in [5.74, 6) is 0.133. The molecule has 0 spiro atoms. The summed E-state index contributed by atoms with van der Waals surface area (Å²) < 4.78 is 2.44. The first-order chi connectivity index (χ1) is 5.74. The Morgan fingerprint density at radius 3 is 2.50 bits per heavy atom. The average molecular weight is 191 g/mol. The van der Waals surface area contributed by atoms with Gasteiger partial charge in [-0.05, 0) is 26.3 Å². The van der Waals surface area contributed by atoms with Crippen LogP contribution in [0, 0.1) is 5.92 Å². The summed E-state index contributed by atoms with van der Waals surface area (Å²) in [5, 5.41) is 9.05. The first-order valence-corrected chi connectivity index (χ1v) is 4.63. The molecule has 0 radical (unpaired) electrons. The van der Waals surface area contributed by atoms with E-state index in [2.05, 4.69) is 17.5 Å². The van der Waals surface area contributed by atoms with Crippen LogP contribution >= 0.6 is 12.8 Å². The fraction of sp³-hybridized carbons (Fsp3) is 0.875. The Hall–Kier alpha value is -0.0600. The molecule has 2 atom stereocenters. The first kappa shape index (κ1) is 11.9. The van der Waals surface area contributed by atoms with E-state index in [4.69, 9.17) is 5.11 Å². The minimum atomic E-state index is -0.214. The van der Waals surface area contributed by atoms with Gasteiger partial charge in [0.15, 0.2) is 0 Å². The molecule has 72 valence electrons. The van der Waals surface area contributed by atoms with Crippen molar-refractivity contribution < 1.29 is 9.90 Å². The van der Waals surface area contributed by atoms with Crippen molar-refractivity contribution in [1.82, 2.24) is 4.72 Å². The summed E-state index contributed by atoms with van der Waals surface area (Å²) in [6.45, 7) is 0. The van der Waals surface area contributed by atoms with Gasteiger partial charge in [-0.25, -0.2) is 0 Å². The Morgan fingerprint density at radius 1 is 1.58 bits per heavy atom. The van der Waals surface area contributed by atoms with E-state index in [1.165, 1.54) is 0 Å². The summed E-state index contributed by atoms with van der Waals surface area (Å²) in [4.78, 5) is 10.2. The molecule has 1 saturated carbocycles. The van der Waals surface area contributed by atoms with E-state index in [1.54, 1.807) is 7.05 Å². The Morgan fingerprint density at radius 2 is 2.17 bits per heavy atom. The standard InChI is InChI=1S/C7H12O2.CH5NS/c8-5-6-2-1-3-7(9)4-6;1-2-3/h5-7,9H,1-4H2;2-3H,1H3. The van der Waals surface area contributed by atoms with E-state index in [0.717, 1.165) is 25.5 Å². The highest BCUT2D eigenvalue weighted by atomic mass is 32.1. The molecule has 12 heavy (non-hydrogen) atoms. The SMILES string of the molecule is CNS.O=CC1CCCC(O)C1. The van der Waals surface area contributed by atoms with Gasteiger partial charge in [-0.1, -0.05) is 19.2 Å². The summed E-state index contributed by atoms with van der Waals surface area (Å²) in [7, 11) is 1.74. The van der Waals surface area contributed by atoms with E-state index in [0.29, 0.717) is 6.42 Å². The first-order valence-electron chi connectivity index (χ1n) is 4.18. The molecular formula is C8H17NO2S. The Kier molecular flexibility index (Phi) is 7.54. The van der Waals surface area contributed by atoms with Crippen molar-refractivity contribution in [2.45, 2.75) is 31.8 Å². The number of aldehydes is 1. The number of hydrogen-bond acceptors (Lipinski definition) is 4. The van der Waals surface area contributed by atoms with E-state index in [1.807, 2.05) is 0 Å². The lowest BCUT2D eigenvalue weighted by molar-refractivity contribution is -0.113. The van der Waals surface area contributed by atoms with Crippen LogP contribution < -0.4 is 4.72 Å². The van der Waals surface area contributed by atoms with Gasteiger partial charge in [0.25, 0.3) is 0 Å². The van der Waals surface area contributed by atoms with Crippen LogP contribution in [-0.2, 0) is 4.79 Å². The smallest absolute Gasteiger partial charge is 0.123 e. The fourth-order valence-electron chi connectivity index (χ4n) is 1.32. The van der Waals surface area contributed by atoms with Gasteiger partial charge < -0.3 is 9.90 Å². The van der Waals surface area contributed by atoms with Crippen molar-refractivity contribution in [3.05, 3.63) is 0 Å². The number of hydrogen-bond donors (Lipinski definition) is 3. The van der Waals surface area contributed by atoms with Crippen molar-refractivity contribution in [2.75, 3.05) is 7.05 Å². The zero-order valence-corrected chi connectivity index (χ0v) is 8.26. The third-order valence-corrected chi connectivity index (χ3v) is 1.88. The van der Waals surface area contributed by atoms with E-state index in [-0.39, 0.29) is 12.0 Å². The molecule has 0 aromatic rings. The lowest BCUT2D eigenvalue weighted by atomic mass is 9.88. The van der Waals surface area contributed by atoms with Crippen molar-refractivity contribution in [2.24, 2.45) is 5.92 Å². The number of rotatable bonds is 1. The van der Waals surface area contributed by atoms with Crippen LogP contribution in [0.4, 0.5) is 0 Å². The second kappa shape index (κ2) is 7.58. The summed E-state index contributed by atoms with van der Waals surface area (Å²) in [6, 6.07) is 0. The molecule has 1 aliphatic carbocycles. The molecule has 2 N–H and O–H groups in total. The van der Waals surface area contributed by atoms with Gasteiger partial charge in [0.2, 0.25) is 0 Å². The zero-order valence-electron chi connectivity index (χ0n) is 7.36. The molecule has 0 heterocycles. The number of nitrogens with one attached hydrogen (secondary N) is 1. The summed E-state index contributed by atoms with van der Waals surface area (Å²) in [5.41, 5.74) is 0. The van der Waals surface area contributed by atoms with Crippen molar-refractivity contribution >= 4 is 19.1 Å². The number of aliphatic hydroxyl groups excluding tert-OH is 1. The minimum Gasteiger partial charge on any atom is -0.393 e. The van der Waals surface area contributed by atoms with Crippen LogP contribution in [0.25, 0.3) is 0 Å². The van der Waals surface area contributed by atoms with Gasteiger partial charge in [-0.2, -0.15) is 0 Å². The monoisotopic (exact) mass is 191 g/mol. The van der Waals surface area contributed by atoms with E-state index < -0.39 is 0 Å². The number of carbonyl (C=O) groups excluding carboxylic acids is 1. The molecule has 1 aliphatic rings. The van der Waals surface area contributed by atoms with Crippen molar-refractivity contribution in [3.8, 4) is 0 Å². The fourth-order valence-corrected chi connectivity index (χ4v) is 1.32. The molecule has 0 aliphatic heterocycles. The molecule has 1 fully saturated rings. The largest absolute Gasteiger partial charge is 0.393 e. The maximum absolute atomic E-state index is 10.2. The lowest BCUT2D eigenvalue weighted by Gasteiger charge is -2.20. The van der Waals surface area contributed by atoms with Gasteiger partial charge in [0.05, 0.1) is 6.10 Å². The number of thiol groups is 1. The van der Waals surface area contributed by atoms with Gasteiger partial charge in [0.1, 0.15) is 6.29 Å². The Bertz CT molecular complexity index is 122. The lowest BCUT2D eigenvalue weighted by Crippen LogP contribution is -2.19. The van der Waals surface area contributed by atoms with Crippen LogP contribution in [0.5, 0.6) is 0 Å². The third-order valence-electron chi connectivity index (χ3n) is 1.88. The predicted molar refractivity (Wildman–Crippen MR) is 52.1 cm³/mol. The van der Waals surface area contributed by atoms with Crippen LogP contribution in [0.2, 0.25) is 0 Å². The molecule has 4 heteroatoms. The highest BCUT2D eigenvalue weighted by Gasteiger charge is 2.18. The van der Waals surface area contributed by atoms with Crippen molar-refractivity contribution in [1.29, 1.82) is 0 Å². The Labute approximate surface area is 79.1 Å². The Balaban J connectivity index is 0.000000354. The second-order valence-electron chi connectivity index (χ2n) is 2.94. The van der Waals surface area contributed by atoms with E-state index >= 15 is 0 Å². The topological polar surface area (TPSA) is 49.3 Å². The highest BCUT2D eigenvalue weighted by molar-refractivity contribution is 7.78. The highest BCUT2D eigenvalue weighted by Crippen LogP contribution is 2.21. The number of carbonyl (C=O) groups is 1. The molecule has 1 rings (SSSR count). The normalized spacial score (nSPS) is 28.6. The van der Waals surface area contributed by atoms with Crippen LogP contribution in [0.3, 0.4) is 0 Å². The van der Waals surface area contributed by atoms with Gasteiger partial charge in [-0.15, -0.1) is 0 Å². The van der Waals surface area contributed by atoms with Crippen LogP contribution in [-0.4, -0.2) is 24.5 Å². The molecule has 0 aromatic carbocycles. The van der Waals surface area contributed by atoms with Gasteiger partial charge in [-0.3, -0.25) is 4.72 Å². The average Bonchev–Trinajstić information content (AvgIpc) is 2.06. The molecule has 2 unspecified atom stereocenters. The molecule has 3 nitrogen and oxygen atoms in total. The maximum Gasteiger partial charge on any atom is 0.123 e. The molecule has 0 saturated heterocycles.